The lowest BCUT2D eigenvalue weighted by atomic mass is 10.1. The number of amides is 1. The summed E-state index contributed by atoms with van der Waals surface area (Å²) in [4.78, 5) is 30.4. The molecular weight excluding hydrogens is 273 g/mol. The fourth-order valence-corrected chi connectivity index (χ4v) is 2.00. The van der Waals surface area contributed by atoms with E-state index in [0.717, 1.165) is 0 Å². The molecule has 5 nitrogen and oxygen atoms in total. The molecule has 0 unspecified atom stereocenters. The van der Waals surface area contributed by atoms with Crippen molar-refractivity contribution in [1.29, 1.82) is 0 Å². The third kappa shape index (κ3) is 3.53. The highest BCUT2D eigenvalue weighted by Crippen LogP contribution is 2.14. The van der Waals surface area contributed by atoms with E-state index in [1.165, 1.54) is 6.07 Å². The fraction of sp³-hybridized carbons (Fsp3) is 0.267. The number of H-pyrrole nitrogens is 1. The van der Waals surface area contributed by atoms with Gasteiger partial charge in [-0.2, -0.15) is 0 Å². The number of aromatic amines is 1. The number of anilines is 1. The maximum atomic E-state index is 13.4. The zero-order valence-electron chi connectivity index (χ0n) is 12.1. The molecule has 2 N–H and O–H groups in total. The summed E-state index contributed by atoms with van der Waals surface area (Å²) in [5, 5.41) is 2.57. The van der Waals surface area contributed by atoms with Gasteiger partial charge in [-0.3, -0.25) is 9.59 Å². The molecule has 1 heterocycles. The van der Waals surface area contributed by atoms with Gasteiger partial charge in [-0.05, 0) is 38.5 Å². The van der Waals surface area contributed by atoms with Gasteiger partial charge >= 0.3 is 0 Å². The molecule has 2 rings (SSSR count). The summed E-state index contributed by atoms with van der Waals surface area (Å²) < 4.78 is 13.4. The van der Waals surface area contributed by atoms with Gasteiger partial charge < -0.3 is 10.3 Å². The van der Waals surface area contributed by atoms with Gasteiger partial charge in [-0.1, -0.05) is 6.07 Å². The van der Waals surface area contributed by atoms with Crippen LogP contribution in [0.4, 0.5) is 10.1 Å². The van der Waals surface area contributed by atoms with Crippen LogP contribution in [0.5, 0.6) is 0 Å². The van der Waals surface area contributed by atoms with Crippen LogP contribution in [-0.4, -0.2) is 15.9 Å². The zero-order valence-corrected chi connectivity index (χ0v) is 12.1. The van der Waals surface area contributed by atoms with E-state index in [1.54, 1.807) is 32.9 Å². The summed E-state index contributed by atoms with van der Waals surface area (Å²) >= 11 is 0. The Bertz CT molecular complexity index is 753. The lowest BCUT2D eigenvalue weighted by Crippen LogP contribution is -2.24. The van der Waals surface area contributed by atoms with Crippen LogP contribution in [0.15, 0.2) is 23.0 Å². The van der Waals surface area contributed by atoms with Gasteiger partial charge in [0, 0.05) is 16.9 Å². The minimum atomic E-state index is -0.391. The number of nitrogens with one attached hydrogen (secondary N) is 2. The number of hydrogen-bond acceptors (Lipinski definition) is 3. The summed E-state index contributed by atoms with van der Waals surface area (Å²) in [5.41, 5.74) is 1.36. The fourth-order valence-electron chi connectivity index (χ4n) is 2.00. The quantitative estimate of drug-likeness (QED) is 0.907. The first kappa shape index (κ1) is 14.9. The molecule has 0 atom stereocenters. The molecular formula is C15H16FN3O2. The summed E-state index contributed by atoms with van der Waals surface area (Å²) in [6.07, 6.45) is -0.107. The number of carbonyl (C=O) groups is 1. The van der Waals surface area contributed by atoms with Crippen LogP contribution in [0, 0.1) is 26.6 Å². The molecule has 1 aromatic carbocycles. The Morgan fingerprint density at radius 1 is 1.33 bits per heavy atom. The Kier molecular flexibility index (Phi) is 4.16. The SMILES string of the molecule is Cc1nc(C)c(CC(=O)Nc2ccc(C)c(F)c2)c(=O)[nH]1. The normalized spacial score (nSPS) is 10.5. The van der Waals surface area contributed by atoms with Gasteiger partial charge in [0.15, 0.2) is 0 Å². The van der Waals surface area contributed by atoms with Crippen molar-refractivity contribution in [3.63, 3.8) is 0 Å². The highest BCUT2D eigenvalue weighted by molar-refractivity contribution is 5.92. The highest BCUT2D eigenvalue weighted by Gasteiger charge is 2.12. The summed E-state index contributed by atoms with van der Waals surface area (Å²) in [7, 11) is 0. The van der Waals surface area contributed by atoms with E-state index in [2.05, 4.69) is 15.3 Å². The molecule has 0 saturated heterocycles. The first-order chi connectivity index (χ1) is 9.86. The van der Waals surface area contributed by atoms with Gasteiger partial charge in [0.1, 0.15) is 11.6 Å². The number of rotatable bonds is 3. The molecule has 1 aromatic heterocycles. The number of nitrogens with zero attached hydrogens (tertiary/aromatic N) is 1. The van der Waals surface area contributed by atoms with E-state index in [-0.39, 0.29) is 17.8 Å². The Morgan fingerprint density at radius 3 is 2.67 bits per heavy atom. The van der Waals surface area contributed by atoms with E-state index in [9.17, 15) is 14.0 Å². The molecule has 0 saturated carbocycles. The Balaban J connectivity index is 2.15. The largest absolute Gasteiger partial charge is 0.326 e. The van der Waals surface area contributed by atoms with Crippen LogP contribution >= 0.6 is 0 Å². The molecule has 0 aliphatic carbocycles. The molecule has 0 radical (unpaired) electrons. The summed E-state index contributed by atoms with van der Waals surface area (Å²) in [6, 6.07) is 4.44. The van der Waals surface area contributed by atoms with Crippen molar-refractivity contribution in [2.75, 3.05) is 5.32 Å². The first-order valence-electron chi connectivity index (χ1n) is 6.49. The van der Waals surface area contributed by atoms with E-state index < -0.39 is 5.91 Å². The number of aromatic nitrogens is 2. The highest BCUT2D eigenvalue weighted by atomic mass is 19.1. The average Bonchev–Trinajstić information content (AvgIpc) is 2.38. The van der Waals surface area contributed by atoms with Crippen LogP contribution in [0.2, 0.25) is 0 Å². The third-order valence-electron chi connectivity index (χ3n) is 3.13. The molecule has 0 aliphatic rings. The van der Waals surface area contributed by atoms with Gasteiger partial charge in [0.25, 0.3) is 5.56 Å². The number of benzene rings is 1. The molecule has 0 bridgehead atoms. The topological polar surface area (TPSA) is 74.8 Å². The van der Waals surface area contributed by atoms with Crippen LogP contribution < -0.4 is 10.9 Å². The minimum Gasteiger partial charge on any atom is -0.326 e. The second-order valence-electron chi connectivity index (χ2n) is 4.90. The number of carbonyl (C=O) groups excluding carboxylic acids is 1. The van der Waals surface area contributed by atoms with Crippen LogP contribution in [0.3, 0.4) is 0 Å². The van der Waals surface area contributed by atoms with Crippen molar-refractivity contribution >= 4 is 11.6 Å². The Hall–Kier alpha value is -2.50. The van der Waals surface area contributed by atoms with Gasteiger partial charge in [0.05, 0.1) is 6.42 Å². The lowest BCUT2D eigenvalue weighted by molar-refractivity contribution is -0.115. The smallest absolute Gasteiger partial charge is 0.254 e. The van der Waals surface area contributed by atoms with Crippen molar-refractivity contribution in [2.24, 2.45) is 0 Å². The molecule has 21 heavy (non-hydrogen) atoms. The van der Waals surface area contributed by atoms with Gasteiger partial charge in [0.2, 0.25) is 5.91 Å². The zero-order chi connectivity index (χ0) is 15.6. The molecule has 1 amide bonds. The van der Waals surface area contributed by atoms with Crippen LogP contribution in [-0.2, 0) is 11.2 Å². The summed E-state index contributed by atoms with van der Waals surface area (Å²) in [6.45, 7) is 4.99. The van der Waals surface area contributed by atoms with Crippen molar-refractivity contribution in [3.8, 4) is 0 Å². The maximum absolute atomic E-state index is 13.4. The van der Waals surface area contributed by atoms with Gasteiger partial charge in [-0.25, -0.2) is 9.37 Å². The molecule has 110 valence electrons. The minimum absolute atomic E-state index is 0.107. The van der Waals surface area contributed by atoms with E-state index in [4.69, 9.17) is 0 Å². The standard InChI is InChI=1S/C15H16FN3O2/c1-8-4-5-11(6-13(8)16)19-14(20)7-12-9(2)17-10(3)18-15(12)21/h4-6H,7H2,1-3H3,(H,19,20)(H,17,18,21). The van der Waals surface area contributed by atoms with Crippen molar-refractivity contribution in [2.45, 2.75) is 27.2 Å². The van der Waals surface area contributed by atoms with E-state index >= 15 is 0 Å². The third-order valence-corrected chi connectivity index (χ3v) is 3.13. The van der Waals surface area contributed by atoms with Gasteiger partial charge in [-0.15, -0.1) is 0 Å². The second kappa shape index (κ2) is 5.87. The molecule has 0 fully saturated rings. The van der Waals surface area contributed by atoms with Crippen molar-refractivity contribution < 1.29 is 9.18 Å². The van der Waals surface area contributed by atoms with Crippen molar-refractivity contribution in [3.05, 3.63) is 57.0 Å². The monoisotopic (exact) mass is 289 g/mol. The molecule has 2 aromatic rings. The number of halogens is 1. The molecule has 6 heteroatoms. The lowest BCUT2D eigenvalue weighted by Gasteiger charge is -2.08. The first-order valence-corrected chi connectivity index (χ1v) is 6.49. The van der Waals surface area contributed by atoms with E-state index in [1.807, 2.05) is 0 Å². The predicted molar refractivity (Wildman–Crippen MR) is 77.8 cm³/mol. The Labute approximate surface area is 121 Å². The molecule has 0 aliphatic heterocycles. The average molecular weight is 289 g/mol. The second-order valence-corrected chi connectivity index (χ2v) is 4.90. The number of hydrogen-bond donors (Lipinski definition) is 2. The van der Waals surface area contributed by atoms with Crippen LogP contribution in [0.25, 0.3) is 0 Å². The molecule has 0 spiro atoms. The predicted octanol–water partition coefficient (Wildman–Crippen LogP) is 2.02. The number of aryl methyl sites for hydroxylation is 3. The summed E-state index contributed by atoms with van der Waals surface area (Å²) in [5.74, 6) is -0.279. The van der Waals surface area contributed by atoms with Crippen LogP contribution in [0.1, 0.15) is 22.6 Å². The Morgan fingerprint density at radius 2 is 2.05 bits per heavy atom. The maximum Gasteiger partial charge on any atom is 0.254 e. The van der Waals surface area contributed by atoms with Crippen molar-refractivity contribution in [1.82, 2.24) is 9.97 Å². The van der Waals surface area contributed by atoms with E-state index in [0.29, 0.717) is 28.3 Å².